The topological polar surface area (TPSA) is 35.6 Å². The standard InChI is InChI=1S/C21H31N3O/c1-17(18-9-10-18)15-21(25)22-11-6-12-24-14-13-23(2)16-20(24)19-7-4-3-5-8-19/h3-5,7-8,15,18,20H,6,9-14,16H2,1-2H3,(H,22,25)/b17-15+. The highest BCUT2D eigenvalue weighted by molar-refractivity contribution is 5.88. The van der Waals surface area contributed by atoms with Crippen molar-refractivity contribution < 1.29 is 4.79 Å². The number of carbonyl (C=O) groups excluding carboxylic acids is 1. The summed E-state index contributed by atoms with van der Waals surface area (Å²) in [4.78, 5) is 16.9. The third-order valence-corrected chi connectivity index (χ3v) is 5.38. The Balaban J connectivity index is 1.46. The van der Waals surface area contributed by atoms with Gasteiger partial charge in [-0.1, -0.05) is 35.9 Å². The number of hydrogen-bond donors (Lipinski definition) is 1. The van der Waals surface area contributed by atoms with Crippen LogP contribution in [0.2, 0.25) is 0 Å². The van der Waals surface area contributed by atoms with E-state index in [1.165, 1.54) is 24.0 Å². The summed E-state index contributed by atoms with van der Waals surface area (Å²) in [5, 5.41) is 3.05. The van der Waals surface area contributed by atoms with Crippen molar-refractivity contribution in [1.82, 2.24) is 15.1 Å². The zero-order valence-electron chi connectivity index (χ0n) is 15.6. The summed E-state index contributed by atoms with van der Waals surface area (Å²) in [6.45, 7) is 7.12. The second-order valence-electron chi connectivity index (χ2n) is 7.53. The van der Waals surface area contributed by atoms with Crippen LogP contribution in [0.25, 0.3) is 0 Å². The van der Waals surface area contributed by atoms with E-state index in [4.69, 9.17) is 0 Å². The van der Waals surface area contributed by atoms with Crippen molar-refractivity contribution >= 4 is 5.91 Å². The van der Waals surface area contributed by atoms with Gasteiger partial charge in [0.05, 0.1) is 0 Å². The molecule has 136 valence electrons. The van der Waals surface area contributed by atoms with Crippen molar-refractivity contribution in [2.24, 2.45) is 5.92 Å². The molecular formula is C21H31N3O. The summed E-state index contributed by atoms with van der Waals surface area (Å²) in [6, 6.07) is 11.2. The van der Waals surface area contributed by atoms with E-state index in [0.717, 1.165) is 39.1 Å². The van der Waals surface area contributed by atoms with Gasteiger partial charge in [-0.3, -0.25) is 9.69 Å². The van der Waals surface area contributed by atoms with Gasteiger partial charge >= 0.3 is 0 Å². The van der Waals surface area contributed by atoms with Crippen molar-refractivity contribution in [1.29, 1.82) is 0 Å². The van der Waals surface area contributed by atoms with Crippen molar-refractivity contribution in [3.63, 3.8) is 0 Å². The van der Waals surface area contributed by atoms with E-state index in [9.17, 15) is 4.79 Å². The smallest absolute Gasteiger partial charge is 0.243 e. The maximum absolute atomic E-state index is 12.0. The second kappa shape index (κ2) is 8.63. The van der Waals surface area contributed by atoms with E-state index >= 15 is 0 Å². The van der Waals surface area contributed by atoms with E-state index in [-0.39, 0.29) is 5.91 Å². The summed E-state index contributed by atoms with van der Waals surface area (Å²) >= 11 is 0. The molecule has 1 saturated heterocycles. The predicted molar refractivity (Wildman–Crippen MR) is 102 cm³/mol. The molecular weight excluding hydrogens is 310 g/mol. The second-order valence-corrected chi connectivity index (χ2v) is 7.53. The first-order valence-electron chi connectivity index (χ1n) is 9.57. The molecule has 1 aromatic rings. The van der Waals surface area contributed by atoms with Crippen LogP contribution in [0.4, 0.5) is 0 Å². The van der Waals surface area contributed by atoms with Gasteiger partial charge in [0.2, 0.25) is 5.91 Å². The van der Waals surface area contributed by atoms with Crippen molar-refractivity contribution in [2.45, 2.75) is 32.2 Å². The van der Waals surface area contributed by atoms with Gasteiger partial charge in [-0.25, -0.2) is 0 Å². The Bertz CT molecular complexity index is 594. The van der Waals surface area contributed by atoms with Crippen molar-refractivity contribution in [2.75, 3.05) is 39.8 Å². The number of hydrogen-bond acceptors (Lipinski definition) is 3. The number of nitrogens with zero attached hydrogens (tertiary/aromatic N) is 2. The van der Waals surface area contributed by atoms with Gasteiger partial charge in [-0.2, -0.15) is 0 Å². The Morgan fingerprint density at radius 1 is 1.24 bits per heavy atom. The van der Waals surface area contributed by atoms with Crippen LogP contribution in [-0.4, -0.2) is 55.5 Å². The minimum atomic E-state index is 0.0717. The van der Waals surface area contributed by atoms with Gasteiger partial charge in [-0.05, 0) is 44.7 Å². The lowest BCUT2D eigenvalue weighted by atomic mass is 10.0. The monoisotopic (exact) mass is 341 g/mol. The molecule has 0 bridgehead atoms. The summed E-state index contributed by atoms with van der Waals surface area (Å²) in [6.07, 6.45) is 5.29. The lowest BCUT2D eigenvalue weighted by Crippen LogP contribution is -2.47. The maximum Gasteiger partial charge on any atom is 0.243 e. The molecule has 1 aromatic carbocycles. The number of benzene rings is 1. The molecule has 3 rings (SSSR count). The summed E-state index contributed by atoms with van der Waals surface area (Å²) in [5.74, 6) is 0.741. The first-order valence-corrected chi connectivity index (χ1v) is 9.57. The van der Waals surface area contributed by atoms with Crippen molar-refractivity contribution in [3.05, 3.63) is 47.5 Å². The van der Waals surface area contributed by atoms with Crippen LogP contribution in [-0.2, 0) is 4.79 Å². The van der Waals surface area contributed by atoms with Crippen LogP contribution in [0, 0.1) is 5.92 Å². The average molecular weight is 341 g/mol. The van der Waals surface area contributed by atoms with Gasteiger partial charge in [0.15, 0.2) is 0 Å². The van der Waals surface area contributed by atoms with Crippen LogP contribution >= 0.6 is 0 Å². The Hall–Kier alpha value is -1.65. The molecule has 25 heavy (non-hydrogen) atoms. The summed E-state index contributed by atoms with van der Waals surface area (Å²) in [5.41, 5.74) is 2.63. The number of carbonyl (C=O) groups is 1. The molecule has 2 fully saturated rings. The largest absolute Gasteiger partial charge is 0.353 e. The van der Waals surface area contributed by atoms with E-state index in [1.807, 2.05) is 0 Å². The molecule has 0 spiro atoms. The number of nitrogens with one attached hydrogen (secondary N) is 1. The van der Waals surface area contributed by atoms with Gasteiger partial charge in [0.25, 0.3) is 0 Å². The molecule has 4 heteroatoms. The van der Waals surface area contributed by atoms with Gasteiger partial charge < -0.3 is 10.2 Å². The van der Waals surface area contributed by atoms with Crippen molar-refractivity contribution in [3.8, 4) is 0 Å². The van der Waals surface area contributed by atoms with Crippen LogP contribution in [0.1, 0.15) is 37.8 Å². The zero-order valence-corrected chi connectivity index (χ0v) is 15.6. The molecule has 1 N–H and O–H groups in total. The van der Waals surface area contributed by atoms with Gasteiger partial charge in [0.1, 0.15) is 0 Å². The molecule has 1 aliphatic carbocycles. The van der Waals surface area contributed by atoms with E-state index < -0.39 is 0 Å². The molecule has 1 atom stereocenters. The predicted octanol–water partition coefficient (Wildman–Crippen LogP) is 2.84. The van der Waals surface area contributed by atoms with Crippen LogP contribution in [0.5, 0.6) is 0 Å². The number of likely N-dealkylation sites (N-methyl/N-ethyl adjacent to an activating group) is 1. The highest BCUT2D eigenvalue weighted by Crippen LogP contribution is 2.35. The van der Waals surface area contributed by atoms with Gasteiger partial charge in [-0.15, -0.1) is 0 Å². The quantitative estimate of drug-likeness (QED) is 0.612. The molecule has 0 aromatic heterocycles. The maximum atomic E-state index is 12.0. The summed E-state index contributed by atoms with van der Waals surface area (Å²) < 4.78 is 0. The van der Waals surface area contributed by atoms with Crippen LogP contribution in [0.3, 0.4) is 0 Å². The fourth-order valence-electron chi connectivity index (χ4n) is 3.62. The summed E-state index contributed by atoms with van der Waals surface area (Å²) in [7, 11) is 2.20. The fourth-order valence-corrected chi connectivity index (χ4v) is 3.62. The minimum absolute atomic E-state index is 0.0717. The molecule has 0 radical (unpaired) electrons. The Morgan fingerprint density at radius 3 is 2.72 bits per heavy atom. The molecule has 1 saturated carbocycles. The number of allylic oxidation sites excluding steroid dienone is 1. The highest BCUT2D eigenvalue weighted by Gasteiger charge is 2.26. The van der Waals surface area contributed by atoms with E-state index in [2.05, 4.69) is 59.4 Å². The van der Waals surface area contributed by atoms with Crippen LogP contribution in [0.15, 0.2) is 42.0 Å². The zero-order chi connectivity index (χ0) is 17.6. The Kier molecular flexibility index (Phi) is 6.27. The molecule has 1 aliphatic heterocycles. The lowest BCUT2D eigenvalue weighted by molar-refractivity contribution is -0.116. The molecule has 2 aliphatic rings. The first kappa shape index (κ1) is 18.2. The molecule has 4 nitrogen and oxygen atoms in total. The third kappa shape index (κ3) is 5.41. The van der Waals surface area contributed by atoms with E-state index in [1.54, 1.807) is 6.08 Å². The number of amides is 1. The first-order chi connectivity index (χ1) is 12.1. The molecule has 1 amide bonds. The SMILES string of the molecule is C/C(=C\C(=O)NCCCN1CCN(C)CC1c1ccccc1)C1CC1. The molecule has 1 unspecified atom stereocenters. The minimum Gasteiger partial charge on any atom is -0.353 e. The highest BCUT2D eigenvalue weighted by atomic mass is 16.1. The molecule has 1 heterocycles. The lowest BCUT2D eigenvalue weighted by Gasteiger charge is -2.40. The number of piperazine rings is 1. The third-order valence-electron chi connectivity index (χ3n) is 5.38. The number of rotatable bonds is 7. The van der Waals surface area contributed by atoms with Crippen LogP contribution < -0.4 is 5.32 Å². The Labute approximate surface area is 151 Å². The Morgan fingerprint density at radius 2 is 2.00 bits per heavy atom. The average Bonchev–Trinajstić information content (AvgIpc) is 3.45. The normalized spacial score (nSPS) is 22.8. The fraction of sp³-hybridized carbons (Fsp3) is 0.571. The van der Waals surface area contributed by atoms with E-state index in [0.29, 0.717) is 12.0 Å². The van der Waals surface area contributed by atoms with Gasteiger partial charge in [0, 0.05) is 44.8 Å².